The molecule has 0 bridgehead atoms. The fraction of sp³-hybridized carbons (Fsp3) is 0.200. The van der Waals surface area contributed by atoms with Crippen LogP contribution in [0.4, 0.5) is 0 Å². The van der Waals surface area contributed by atoms with Crippen LogP contribution in [0.3, 0.4) is 0 Å². The monoisotopic (exact) mass is 256 g/mol. The van der Waals surface area contributed by atoms with E-state index >= 15 is 0 Å². The number of hydrogen-bond acceptors (Lipinski definition) is 3. The molecule has 0 saturated carbocycles. The summed E-state index contributed by atoms with van der Waals surface area (Å²) in [5.41, 5.74) is 7.17. The highest BCUT2D eigenvalue weighted by molar-refractivity contribution is 8.13. The molecular formula is C10H12N2O2S2. The van der Waals surface area contributed by atoms with Crippen molar-refractivity contribution in [1.82, 2.24) is 0 Å². The molecule has 1 aliphatic rings. The SMILES string of the molecule is C=S(C)c1cccc2c1C(N)=NS(=O)(=O)C2. The van der Waals surface area contributed by atoms with Gasteiger partial charge in [0.05, 0.1) is 5.75 Å². The van der Waals surface area contributed by atoms with Crippen LogP contribution in [0, 0.1) is 0 Å². The second kappa shape index (κ2) is 3.71. The van der Waals surface area contributed by atoms with Crippen molar-refractivity contribution in [2.45, 2.75) is 10.6 Å². The third-order valence-electron chi connectivity index (χ3n) is 2.32. The Labute approximate surface area is 97.2 Å². The highest BCUT2D eigenvalue weighted by Crippen LogP contribution is 2.30. The van der Waals surface area contributed by atoms with Crippen LogP contribution in [0.25, 0.3) is 0 Å². The van der Waals surface area contributed by atoms with Gasteiger partial charge in [-0.1, -0.05) is 18.0 Å². The van der Waals surface area contributed by atoms with E-state index in [-0.39, 0.29) is 22.1 Å². The van der Waals surface area contributed by atoms with Gasteiger partial charge in [-0.2, -0.15) is 10.5 Å². The summed E-state index contributed by atoms with van der Waals surface area (Å²) in [7, 11) is -3.66. The molecule has 1 heterocycles. The van der Waals surface area contributed by atoms with Crippen LogP contribution in [-0.2, 0) is 15.8 Å². The lowest BCUT2D eigenvalue weighted by Crippen LogP contribution is -2.24. The fourth-order valence-corrected chi connectivity index (χ4v) is 3.69. The first kappa shape index (κ1) is 11.3. The minimum Gasteiger partial charge on any atom is -0.382 e. The molecule has 16 heavy (non-hydrogen) atoms. The number of rotatable bonds is 1. The average molecular weight is 256 g/mol. The summed E-state index contributed by atoms with van der Waals surface area (Å²) in [4.78, 5) is 0.966. The number of hydrogen-bond donors (Lipinski definition) is 1. The number of nitrogens with two attached hydrogens (primary N) is 1. The van der Waals surface area contributed by atoms with Gasteiger partial charge in [-0.15, -0.1) is 4.40 Å². The maximum atomic E-state index is 11.4. The molecular weight excluding hydrogens is 244 g/mol. The van der Waals surface area contributed by atoms with Crippen molar-refractivity contribution in [2.75, 3.05) is 6.26 Å². The Kier molecular flexibility index (Phi) is 2.63. The van der Waals surface area contributed by atoms with Gasteiger partial charge >= 0.3 is 0 Å². The van der Waals surface area contributed by atoms with Crippen molar-refractivity contribution in [3.05, 3.63) is 29.3 Å². The lowest BCUT2D eigenvalue weighted by molar-refractivity contribution is 0.596. The zero-order valence-electron chi connectivity index (χ0n) is 8.80. The molecule has 1 atom stereocenters. The van der Waals surface area contributed by atoms with Gasteiger partial charge in [0.1, 0.15) is 5.84 Å². The van der Waals surface area contributed by atoms with E-state index in [2.05, 4.69) is 10.3 Å². The topological polar surface area (TPSA) is 72.5 Å². The molecule has 1 aromatic carbocycles. The predicted molar refractivity (Wildman–Crippen MR) is 68.7 cm³/mol. The van der Waals surface area contributed by atoms with Crippen molar-refractivity contribution >= 4 is 32.2 Å². The normalized spacial score (nSPS) is 19.7. The zero-order chi connectivity index (χ0) is 11.9. The minimum absolute atomic E-state index is 0.0753. The van der Waals surface area contributed by atoms with E-state index in [0.29, 0.717) is 5.56 Å². The van der Waals surface area contributed by atoms with Gasteiger partial charge in [-0.25, -0.2) is 8.42 Å². The van der Waals surface area contributed by atoms with Gasteiger partial charge in [-0.3, -0.25) is 0 Å². The number of fused-ring (bicyclic) bond motifs is 1. The minimum atomic E-state index is -3.44. The summed E-state index contributed by atoms with van der Waals surface area (Å²) in [6, 6.07) is 5.51. The maximum absolute atomic E-state index is 11.4. The quantitative estimate of drug-likeness (QED) is 0.760. The van der Waals surface area contributed by atoms with Crippen molar-refractivity contribution in [3.8, 4) is 0 Å². The first-order valence-electron chi connectivity index (χ1n) is 4.57. The summed E-state index contributed by atoms with van der Waals surface area (Å²) in [6.45, 7) is 0. The van der Waals surface area contributed by atoms with Gasteiger partial charge in [0.25, 0.3) is 10.0 Å². The van der Waals surface area contributed by atoms with Crippen molar-refractivity contribution in [3.63, 3.8) is 0 Å². The Bertz CT molecular complexity index is 603. The molecule has 86 valence electrons. The number of sulfonamides is 1. The van der Waals surface area contributed by atoms with Gasteiger partial charge in [-0.05, 0) is 17.9 Å². The highest BCUT2D eigenvalue weighted by Gasteiger charge is 2.24. The summed E-state index contributed by atoms with van der Waals surface area (Å²) >= 11 is 0. The summed E-state index contributed by atoms with van der Waals surface area (Å²) in [5.74, 6) is 3.96. The highest BCUT2D eigenvalue weighted by atomic mass is 32.2. The molecule has 0 aliphatic carbocycles. The van der Waals surface area contributed by atoms with Crippen LogP contribution in [0.5, 0.6) is 0 Å². The molecule has 0 aromatic heterocycles. The third-order valence-corrected chi connectivity index (χ3v) is 4.56. The summed E-state index contributed by atoms with van der Waals surface area (Å²) < 4.78 is 26.4. The smallest absolute Gasteiger partial charge is 0.259 e. The van der Waals surface area contributed by atoms with E-state index in [0.717, 1.165) is 10.5 Å². The van der Waals surface area contributed by atoms with E-state index in [1.54, 1.807) is 6.07 Å². The largest absolute Gasteiger partial charge is 0.382 e. The maximum Gasteiger partial charge on any atom is 0.259 e. The van der Waals surface area contributed by atoms with E-state index in [1.807, 2.05) is 18.4 Å². The number of nitrogens with zero attached hydrogens (tertiary/aromatic N) is 1. The van der Waals surface area contributed by atoms with Gasteiger partial charge in [0, 0.05) is 10.5 Å². The summed E-state index contributed by atoms with van der Waals surface area (Å²) in [5, 5.41) is 0. The Morgan fingerprint density at radius 1 is 1.50 bits per heavy atom. The zero-order valence-corrected chi connectivity index (χ0v) is 10.4. The molecule has 0 spiro atoms. The van der Waals surface area contributed by atoms with Crippen LogP contribution in [-0.4, -0.2) is 26.4 Å². The molecule has 0 radical (unpaired) electrons. The van der Waals surface area contributed by atoms with Crippen molar-refractivity contribution in [2.24, 2.45) is 10.1 Å². The second-order valence-corrected chi connectivity index (χ2v) is 6.98. The predicted octanol–water partition coefficient (Wildman–Crippen LogP) is 0.925. The molecule has 1 aliphatic heterocycles. The number of benzene rings is 1. The van der Waals surface area contributed by atoms with Gasteiger partial charge in [0.15, 0.2) is 0 Å². The lowest BCUT2D eigenvalue weighted by atomic mass is 10.1. The van der Waals surface area contributed by atoms with E-state index < -0.39 is 10.0 Å². The van der Waals surface area contributed by atoms with Crippen molar-refractivity contribution in [1.29, 1.82) is 0 Å². The second-order valence-electron chi connectivity index (χ2n) is 3.63. The van der Waals surface area contributed by atoms with Crippen LogP contribution in [0.15, 0.2) is 27.5 Å². The van der Waals surface area contributed by atoms with Crippen LogP contribution < -0.4 is 5.73 Å². The Morgan fingerprint density at radius 2 is 2.19 bits per heavy atom. The average Bonchev–Trinajstić information content (AvgIpc) is 2.14. The first-order chi connectivity index (χ1) is 7.41. The Balaban J connectivity index is 2.75. The van der Waals surface area contributed by atoms with Gasteiger partial charge in [0.2, 0.25) is 0 Å². The lowest BCUT2D eigenvalue weighted by Gasteiger charge is -2.17. The van der Waals surface area contributed by atoms with Crippen molar-refractivity contribution < 1.29 is 8.42 Å². The van der Waals surface area contributed by atoms with E-state index in [4.69, 9.17) is 5.73 Å². The summed E-state index contributed by atoms with van der Waals surface area (Å²) in [6.07, 6.45) is 1.96. The molecule has 2 N–H and O–H groups in total. The molecule has 0 amide bonds. The molecule has 1 aromatic rings. The van der Waals surface area contributed by atoms with Crippen LogP contribution in [0.2, 0.25) is 0 Å². The van der Waals surface area contributed by atoms with Crippen LogP contribution >= 0.6 is 10.5 Å². The Hall–Kier alpha value is -1.14. The number of amidine groups is 1. The Morgan fingerprint density at radius 3 is 2.81 bits per heavy atom. The molecule has 1 unspecified atom stereocenters. The van der Waals surface area contributed by atoms with E-state index in [9.17, 15) is 8.42 Å². The standard InChI is InChI=1S/C10H12N2O2S2/c1-15(2)8-5-3-4-7-6-16(13,14)12-10(11)9(7)8/h3-5H,1,6H2,2H3,(H2,11,12). The van der Waals surface area contributed by atoms with Crippen LogP contribution in [0.1, 0.15) is 11.1 Å². The van der Waals surface area contributed by atoms with Gasteiger partial charge < -0.3 is 5.73 Å². The third kappa shape index (κ3) is 1.90. The van der Waals surface area contributed by atoms with E-state index in [1.165, 1.54) is 0 Å². The fourth-order valence-electron chi connectivity index (χ4n) is 1.70. The molecule has 4 nitrogen and oxygen atoms in total. The molecule has 6 heteroatoms. The molecule has 0 saturated heterocycles. The first-order valence-corrected chi connectivity index (χ1v) is 7.98. The molecule has 0 fully saturated rings. The molecule has 2 rings (SSSR count).